The summed E-state index contributed by atoms with van der Waals surface area (Å²) in [6, 6.07) is 6.39. The Labute approximate surface area is 106 Å². The Balaban J connectivity index is 2.65. The highest BCUT2D eigenvalue weighted by molar-refractivity contribution is 6.84. The molecule has 0 saturated heterocycles. The highest BCUT2D eigenvalue weighted by Gasteiger charge is 2.40. The van der Waals surface area contributed by atoms with Crippen LogP contribution in [0, 0.1) is 0 Å². The van der Waals surface area contributed by atoms with Crippen molar-refractivity contribution in [2.75, 3.05) is 7.11 Å². The minimum absolute atomic E-state index is 0.161. The average Bonchev–Trinajstić information content (AvgIpc) is 2.50. The maximum absolute atomic E-state index is 5.48. The molecular formula is C15H22OSi. The van der Waals surface area contributed by atoms with Crippen LogP contribution in [0.25, 0.3) is 6.08 Å². The van der Waals surface area contributed by atoms with Crippen LogP contribution in [-0.4, -0.2) is 15.2 Å². The topological polar surface area (TPSA) is 9.23 Å². The monoisotopic (exact) mass is 246 g/mol. The van der Waals surface area contributed by atoms with E-state index in [9.17, 15) is 0 Å². The van der Waals surface area contributed by atoms with E-state index in [1.807, 2.05) is 0 Å². The first kappa shape index (κ1) is 12.4. The number of ether oxygens (including phenoxy) is 1. The summed E-state index contributed by atoms with van der Waals surface area (Å²) in [6.45, 7) is 11.9. The molecule has 0 radical (unpaired) electrons. The van der Waals surface area contributed by atoms with Gasteiger partial charge >= 0.3 is 0 Å². The molecule has 1 aliphatic carbocycles. The highest BCUT2D eigenvalue weighted by atomic mass is 28.3. The molecule has 17 heavy (non-hydrogen) atoms. The maximum Gasteiger partial charge on any atom is 0.126 e. The molecule has 0 fully saturated rings. The molecule has 0 spiro atoms. The Morgan fingerprint density at radius 1 is 1.12 bits per heavy atom. The lowest BCUT2D eigenvalue weighted by Gasteiger charge is -2.32. The third-order valence-corrected chi connectivity index (χ3v) is 6.11. The summed E-state index contributed by atoms with van der Waals surface area (Å²) in [7, 11) is 0.465. The van der Waals surface area contributed by atoms with E-state index in [0.29, 0.717) is 0 Å². The summed E-state index contributed by atoms with van der Waals surface area (Å²) in [6.07, 6.45) is 2.38. The van der Waals surface area contributed by atoms with Crippen LogP contribution < -0.4 is 4.74 Å². The van der Waals surface area contributed by atoms with Crippen LogP contribution >= 0.6 is 0 Å². The van der Waals surface area contributed by atoms with Crippen molar-refractivity contribution in [1.29, 1.82) is 0 Å². The second-order valence-corrected chi connectivity index (χ2v) is 11.4. The van der Waals surface area contributed by atoms with Gasteiger partial charge in [-0.3, -0.25) is 0 Å². The number of hydrogen-bond donors (Lipinski definition) is 0. The van der Waals surface area contributed by atoms with Gasteiger partial charge in [-0.2, -0.15) is 0 Å². The van der Waals surface area contributed by atoms with E-state index < -0.39 is 8.07 Å². The first-order valence-corrected chi connectivity index (χ1v) is 9.68. The average molecular weight is 246 g/mol. The predicted molar refractivity (Wildman–Crippen MR) is 77.3 cm³/mol. The molecule has 0 saturated carbocycles. The quantitative estimate of drug-likeness (QED) is 0.709. The molecule has 0 N–H and O–H groups in total. The Bertz CT molecular complexity index is 478. The highest BCUT2D eigenvalue weighted by Crippen LogP contribution is 2.47. The van der Waals surface area contributed by atoms with Gasteiger partial charge in [-0.15, -0.1) is 0 Å². The van der Waals surface area contributed by atoms with Crippen LogP contribution in [0.1, 0.15) is 25.0 Å². The third kappa shape index (κ3) is 1.84. The largest absolute Gasteiger partial charge is 0.496 e. The van der Waals surface area contributed by atoms with Gasteiger partial charge in [0.25, 0.3) is 0 Å². The maximum atomic E-state index is 5.48. The lowest BCUT2D eigenvalue weighted by Crippen LogP contribution is -2.34. The van der Waals surface area contributed by atoms with Crippen molar-refractivity contribution in [3.63, 3.8) is 0 Å². The van der Waals surface area contributed by atoms with Gasteiger partial charge in [0, 0.05) is 11.0 Å². The summed E-state index contributed by atoms with van der Waals surface area (Å²) in [5.74, 6) is 1.00. The van der Waals surface area contributed by atoms with Crippen LogP contribution in [0.15, 0.2) is 23.4 Å². The zero-order chi connectivity index (χ0) is 12.8. The molecule has 2 heteroatoms. The fourth-order valence-electron chi connectivity index (χ4n) is 3.04. The molecule has 1 aromatic rings. The van der Waals surface area contributed by atoms with Crippen molar-refractivity contribution < 1.29 is 4.74 Å². The number of methoxy groups -OCH3 is 1. The zero-order valence-corrected chi connectivity index (χ0v) is 12.7. The standard InChI is InChI=1S/C15H22OSi/c1-15(2)12-8-7-9-13(16-3)11(12)10-14(15)17(4,5)6/h7-10H,1-6H3. The van der Waals surface area contributed by atoms with E-state index in [-0.39, 0.29) is 5.41 Å². The van der Waals surface area contributed by atoms with Crippen molar-refractivity contribution in [3.8, 4) is 5.75 Å². The van der Waals surface area contributed by atoms with Crippen LogP contribution in [0.3, 0.4) is 0 Å². The van der Waals surface area contributed by atoms with Crippen molar-refractivity contribution in [2.45, 2.75) is 38.9 Å². The number of allylic oxidation sites excluding steroid dienone is 1. The van der Waals surface area contributed by atoms with Crippen molar-refractivity contribution in [1.82, 2.24) is 0 Å². The summed E-state index contributed by atoms with van der Waals surface area (Å²) in [4.78, 5) is 0. The Hall–Kier alpha value is -1.02. The van der Waals surface area contributed by atoms with Gasteiger partial charge in [-0.25, -0.2) is 0 Å². The van der Waals surface area contributed by atoms with E-state index in [1.54, 1.807) is 12.3 Å². The minimum atomic E-state index is -1.29. The molecule has 92 valence electrons. The van der Waals surface area contributed by atoms with E-state index in [2.05, 4.69) is 57.8 Å². The molecule has 0 unspecified atom stereocenters. The summed E-state index contributed by atoms with van der Waals surface area (Å²) < 4.78 is 5.48. The van der Waals surface area contributed by atoms with Gasteiger partial charge in [0.1, 0.15) is 5.75 Å². The van der Waals surface area contributed by atoms with Crippen molar-refractivity contribution in [3.05, 3.63) is 34.5 Å². The first-order chi connectivity index (χ1) is 7.78. The lowest BCUT2D eigenvalue weighted by atomic mass is 9.86. The SMILES string of the molecule is COc1cccc2c1C=C([Si](C)(C)C)C2(C)C. The molecule has 0 aromatic heterocycles. The van der Waals surface area contributed by atoms with Gasteiger partial charge in [-0.1, -0.05) is 56.9 Å². The molecule has 1 aliphatic rings. The van der Waals surface area contributed by atoms with Gasteiger partial charge in [-0.05, 0) is 11.6 Å². The molecule has 2 rings (SSSR count). The van der Waals surface area contributed by atoms with E-state index in [1.165, 1.54) is 11.1 Å². The lowest BCUT2D eigenvalue weighted by molar-refractivity contribution is 0.413. The van der Waals surface area contributed by atoms with Crippen LogP contribution in [-0.2, 0) is 5.41 Å². The van der Waals surface area contributed by atoms with E-state index in [4.69, 9.17) is 4.74 Å². The summed E-state index contributed by atoms with van der Waals surface area (Å²) in [5, 5.41) is 1.62. The smallest absolute Gasteiger partial charge is 0.126 e. The Morgan fingerprint density at radius 3 is 2.29 bits per heavy atom. The molecule has 0 bridgehead atoms. The summed E-state index contributed by atoms with van der Waals surface area (Å²) in [5.41, 5.74) is 2.86. The molecule has 0 heterocycles. The predicted octanol–water partition coefficient (Wildman–Crippen LogP) is 4.25. The molecule has 0 atom stereocenters. The fourth-order valence-corrected chi connectivity index (χ4v) is 5.63. The van der Waals surface area contributed by atoms with E-state index >= 15 is 0 Å². The zero-order valence-electron chi connectivity index (χ0n) is 11.7. The second-order valence-electron chi connectivity index (χ2n) is 6.35. The van der Waals surface area contributed by atoms with E-state index in [0.717, 1.165) is 5.75 Å². The third-order valence-electron chi connectivity index (χ3n) is 3.73. The first-order valence-electron chi connectivity index (χ1n) is 6.18. The van der Waals surface area contributed by atoms with Gasteiger partial charge in [0.05, 0.1) is 15.2 Å². The minimum Gasteiger partial charge on any atom is -0.496 e. The van der Waals surface area contributed by atoms with Crippen molar-refractivity contribution >= 4 is 14.1 Å². The van der Waals surface area contributed by atoms with Gasteiger partial charge in [0.15, 0.2) is 0 Å². The molecule has 0 amide bonds. The number of benzene rings is 1. The van der Waals surface area contributed by atoms with Crippen LogP contribution in [0.4, 0.5) is 0 Å². The fraction of sp³-hybridized carbons (Fsp3) is 0.467. The Morgan fingerprint density at radius 2 is 1.76 bits per heavy atom. The number of fused-ring (bicyclic) bond motifs is 1. The number of hydrogen-bond acceptors (Lipinski definition) is 1. The Kier molecular flexibility index (Phi) is 2.73. The van der Waals surface area contributed by atoms with Gasteiger partial charge in [0.2, 0.25) is 0 Å². The normalized spacial score (nSPS) is 17.6. The summed E-state index contributed by atoms with van der Waals surface area (Å²) >= 11 is 0. The molecule has 0 aliphatic heterocycles. The van der Waals surface area contributed by atoms with Crippen molar-refractivity contribution in [2.24, 2.45) is 0 Å². The second kappa shape index (κ2) is 3.74. The molecular weight excluding hydrogens is 224 g/mol. The molecule has 1 nitrogen and oxygen atoms in total. The van der Waals surface area contributed by atoms with Crippen LogP contribution in [0.5, 0.6) is 5.75 Å². The van der Waals surface area contributed by atoms with Crippen LogP contribution in [0.2, 0.25) is 19.6 Å². The van der Waals surface area contributed by atoms with Gasteiger partial charge < -0.3 is 4.74 Å². The number of rotatable bonds is 2. The molecule has 1 aromatic carbocycles.